The van der Waals surface area contributed by atoms with E-state index >= 15 is 0 Å². The van der Waals surface area contributed by atoms with E-state index in [2.05, 4.69) is 5.92 Å². The van der Waals surface area contributed by atoms with Gasteiger partial charge in [-0.05, 0) is 12.5 Å². The smallest absolute Gasteiger partial charge is 0.241 e. The van der Waals surface area contributed by atoms with Gasteiger partial charge in [0.2, 0.25) is 5.91 Å². The predicted octanol–water partition coefficient (Wildman–Crippen LogP) is 0.441. The van der Waals surface area contributed by atoms with Crippen molar-refractivity contribution in [2.75, 3.05) is 0 Å². The molecule has 2 heteroatoms. The second-order valence-electron chi connectivity index (χ2n) is 1.55. The van der Waals surface area contributed by atoms with E-state index in [4.69, 9.17) is 12.2 Å². The van der Waals surface area contributed by atoms with Crippen LogP contribution in [0.2, 0.25) is 0 Å². The Kier molecular flexibility index (Phi) is 4.25. The van der Waals surface area contributed by atoms with Crippen LogP contribution in [0.15, 0.2) is 12.2 Å². The van der Waals surface area contributed by atoms with Gasteiger partial charge in [-0.3, -0.25) is 4.79 Å². The van der Waals surface area contributed by atoms with Crippen molar-refractivity contribution in [3.8, 4) is 12.3 Å². The van der Waals surface area contributed by atoms with Crippen LogP contribution < -0.4 is 5.73 Å². The number of carbonyl (C=O) groups is 1. The molecule has 0 heterocycles. The van der Waals surface area contributed by atoms with E-state index in [1.807, 2.05) is 0 Å². The van der Waals surface area contributed by atoms with Gasteiger partial charge in [-0.15, -0.1) is 12.3 Å². The lowest BCUT2D eigenvalue weighted by molar-refractivity contribution is -0.113. The average Bonchev–Trinajstić information content (AvgIpc) is 1.80. The maximum atomic E-state index is 10.0. The van der Waals surface area contributed by atoms with Crippen molar-refractivity contribution >= 4 is 5.91 Å². The molecule has 0 saturated heterocycles. The van der Waals surface area contributed by atoms with Gasteiger partial charge in [-0.2, -0.15) is 0 Å². The fourth-order valence-corrected chi connectivity index (χ4v) is 0.366. The molecule has 0 aliphatic carbocycles. The highest BCUT2D eigenvalue weighted by atomic mass is 16.1. The third-order valence-corrected chi connectivity index (χ3v) is 0.737. The molecule has 0 aromatic rings. The summed E-state index contributed by atoms with van der Waals surface area (Å²) in [5.74, 6) is 2.01. The lowest BCUT2D eigenvalue weighted by atomic mass is 10.3. The molecule has 48 valence electrons. The number of amides is 1. The van der Waals surface area contributed by atoms with Gasteiger partial charge < -0.3 is 5.73 Å². The zero-order chi connectivity index (χ0) is 7.11. The Hall–Kier alpha value is -1.23. The van der Waals surface area contributed by atoms with E-state index in [9.17, 15) is 4.79 Å². The summed E-state index contributed by atoms with van der Waals surface area (Å²) in [4.78, 5) is 10.0. The maximum Gasteiger partial charge on any atom is 0.241 e. The molecule has 0 fully saturated rings. The van der Waals surface area contributed by atoms with Crippen LogP contribution in [0.5, 0.6) is 0 Å². The molecule has 0 saturated carbocycles. The summed E-state index contributed by atoms with van der Waals surface area (Å²) in [7, 11) is 0. The zero-order valence-corrected chi connectivity index (χ0v) is 5.13. The first-order valence-corrected chi connectivity index (χ1v) is 2.67. The molecular formula is C7H9NO. The monoisotopic (exact) mass is 123 g/mol. The van der Waals surface area contributed by atoms with E-state index in [1.54, 1.807) is 6.08 Å². The van der Waals surface area contributed by atoms with Crippen LogP contribution in [0.25, 0.3) is 0 Å². The van der Waals surface area contributed by atoms with Crippen molar-refractivity contribution in [2.45, 2.75) is 12.8 Å². The van der Waals surface area contributed by atoms with Gasteiger partial charge in [0.15, 0.2) is 0 Å². The third-order valence-electron chi connectivity index (χ3n) is 0.737. The summed E-state index contributed by atoms with van der Waals surface area (Å²) in [6.07, 6.45) is 9.31. The van der Waals surface area contributed by atoms with Gasteiger partial charge in [0, 0.05) is 6.42 Å². The molecule has 2 N–H and O–H groups in total. The van der Waals surface area contributed by atoms with Crippen molar-refractivity contribution in [3.05, 3.63) is 12.2 Å². The number of carbonyl (C=O) groups excluding carboxylic acids is 1. The van der Waals surface area contributed by atoms with Crippen LogP contribution in [-0.4, -0.2) is 5.91 Å². The molecule has 9 heavy (non-hydrogen) atoms. The fraction of sp³-hybridized carbons (Fsp3) is 0.286. The number of rotatable bonds is 3. The number of primary amides is 1. The lowest BCUT2D eigenvalue weighted by Crippen LogP contribution is -2.05. The zero-order valence-electron chi connectivity index (χ0n) is 5.13. The molecule has 0 bridgehead atoms. The summed E-state index contributed by atoms with van der Waals surface area (Å²) in [6, 6.07) is 0. The highest BCUT2D eigenvalue weighted by Crippen LogP contribution is 1.86. The van der Waals surface area contributed by atoms with Crippen LogP contribution in [0.3, 0.4) is 0 Å². The summed E-state index contributed by atoms with van der Waals surface area (Å²) >= 11 is 0. The first-order valence-electron chi connectivity index (χ1n) is 2.67. The van der Waals surface area contributed by atoms with Gasteiger partial charge >= 0.3 is 0 Å². The second kappa shape index (κ2) is 4.92. The first kappa shape index (κ1) is 7.77. The van der Waals surface area contributed by atoms with Crippen molar-refractivity contribution in [2.24, 2.45) is 5.73 Å². The molecule has 0 unspecified atom stereocenters. The molecule has 2 nitrogen and oxygen atoms in total. The second-order valence-corrected chi connectivity index (χ2v) is 1.55. The number of terminal acetylenes is 1. The number of nitrogens with two attached hydrogens (primary N) is 1. The van der Waals surface area contributed by atoms with Gasteiger partial charge in [-0.1, -0.05) is 6.08 Å². The summed E-state index contributed by atoms with van der Waals surface area (Å²) in [5, 5.41) is 0. The highest BCUT2D eigenvalue weighted by molar-refractivity contribution is 5.85. The molecule has 0 aliphatic rings. The Bertz CT molecular complexity index is 153. The van der Waals surface area contributed by atoms with E-state index in [0.717, 1.165) is 6.42 Å². The van der Waals surface area contributed by atoms with E-state index in [1.165, 1.54) is 6.08 Å². The average molecular weight is 123 g/mol. The third kappa shape index (κ3) is 6.77. The number of unbranched alkanes of at least 4 members (excludes halogenated alkanes) is 1. The Morgan fingerprint density at radius 3 is 2.89 bits per heavy atom. The van der Waals surface area contributed by atoms with Crippen LogP contribution in [0.4, 0.5) is 0 Å². The summed E-state index contributed by atoms with van der Waals surface area (Å²) < 4.78 is 0. The molecule has 0 aliphatic heterocycles. The van der Waals surface area contributed by atoms with E-state index in [-0.39, 0.29) is 0 Å². The maximum absolute atomic E-state index is 10.0. The van der Waals surface area contributed by atoms with Crippen molar-refractivity contribution in [1.29, 1.82) is 0 Å². The van der Waals surface area contributed by atoms with Crippen molar-refractivity contribution in [3.63, 3.8) is 0 Å². The minimum absolute atomic E-state index is 0.424. The first-order chi connectivity index (χ1) is 4.27. The standard InChI is InChI=1S/C7H9NO/c1-2-3-4-5-6-7(8)9/h1,5-6H,3-4H2,(H2,8,9)/b6-5+. The fourth-order valence-electron chi connectivity index (χ4n) is 0.366. The number of hydrogen-bond acceptors (Lipinski definition) is 1. The van der Waals surface area contributed by atoms with Crippen LogP contribution in [0, 0.1) is 12.3 Å². The lowest BCUT2D eigenvalue weighted by Gasteiger charge is -1.80. The molecule has 0 atom stereocenters. The minimum atomic E-state index is -0.424. The molecule has 0 spiro atoms. The summed E-state index contributed by atoms with van der Waals surface area (Å²) in [5.41, 5.74) is 4.80. The molecule has 0 rings (SSSR count). The van der Waals surface area contributed by atoms with E-state index < -0.39 is 5.91 Å². The van der Waals surface area contributed by atoms with Crippen molar-refractivity contribution < 1.29 is 4.79 Å². The minimum Gasteiger partial charge on any atom is -0.366 e. The van der Waals surface area contributed by atoms with Crippen LogP contribution in [-0.2, 0) is 4.79 Å². The number of hydrogen-bond donors (Lipinski definition) is 1. The normalized spacial score (nSPS) is 9.22. The Morgan fingerprint density at radius 1 is 1.78 bits per heavy atom. The quantitative estimate of drug-likeness (QED) is 0.330. The van der Waals surface area contributed by atoms with Gasteiger partial charge in [0.05, 0.1) is 0 Å². The Labute approximate surface area is 54.7 Å². The topological polar surface area (TPSA) is 43.1 Å². The van der Waals surface area contributed by atoms with Gasteiger partial charge in [0.25, 0.3) is 0 Å². The van der Waals surface area contributed by atoms with Crippen LogP contribution >= 0.6 is 0 Å². The van der Waals surface area contributed by atoms with Crippen molar-refractivity contribution in [1.82, 2.24) is 0 Å². The van der Waals surface area contributed by atoms with Crippen LogP contribution in [0.1, 0.15) is 12.8 Å². The molecule has 0 radical (unpaired) electrons. The molecule has 0 aromatic carbocycles. The highest BCUT2D eigenvalue weighted by Gasteiger charge is 1.79. The molecule has 1 amide bonds. The molecular weight excluding hydrogens is 114 g/mol. The number of allylic oxidation sites excluding steroid dienone is 1. The van der Waals surface area contributed by atoms with Gasteiger partial charge in [0.1, 0.15) is 0 Å². The van der Waals surface area contributed by atoms with Gasteiger partial charge in [-0.25, -0.2) is 0 Å². The Morgan fingerprint density at radius 2 is 2.44 bits per heavy atom. The SMILES string of the molecule is C#CCC/C=C/C(N)=O. The predicted molar refractivity (Wildman–Crippen MR) is 36.4 cm³/mol. The Balaban J connectivity index is 3.28. The van der Waals surface area contributed by atoms with E-state index in [0.29, 0.717) is 6.42 Å². The summed E-state index contributed by atoms with van der Waals surface area (Å²) in [6.45, 7) is 0. The molecule has 0 aromatic heterocycles. The largest absolute Gasteiger partial charge is 0.366 e.